The van der Waals surface area contributed by atoms with Gasteiger partial charge in [-0.2, -0.15) is 0 Å². The van der Waals surface area contributed by atoms with Crippen LogP contribution in [0, 0.1) is 18.8 Å². The van der Waals surface area contributed by atoms with Gasteiger partial charge < -0.3 is 5.32 Å². The van der Waals surface area contributed by atoms with Crippen molar-refractivity contribution in [1.82, 2.24) is 5.32 Å². The molecule has 1 aliphatic carbocycles. The van der Waals surface area contributed by atoms with Crippen LogP contribution >= 0.6 is 7.80 Å². The normalized spacial score (nSPS) is 27.1. The fourth-order valence-corrected chi connectivity index (χ4v) is 6.60. The zero-order valence-electron chi connectivity index (χ0n) is 18.1. The number of hydrogen-bond donors (Lipinski definition) is 1. The largest absolute Gasteiger partial charge is 0.415 e. The molecule has 2 nitrogen and oxygen atoms in total. The van der Waals surface area contributed by atoms with Crippen molar-refractivity contribution in [1.29, 1.82) is 0 Å². The van der Waals surface area contributed by atoms with Crippen LogP contribution < -0.4 is 10.6 Å². The molecule has 0 aromatic heterocycles. The Hall–Kier alpha value is -2.28. The van der Waals surface area contributed by atoms with E-state index in [2.05, 4.69) is 61.7 Å². The van der Waals surface area contributed by atoms with E-state index in [9.17, 15) is 4.57 Å². The third-order valence-electron chi connectivity index (χ3n) is 6.60. The minimum absolute atomic E-state index is 0.239. The molecule has 2 aromatic rings. The third-order valence-corrected chi connectivity index (χ3v) is 8.30. The van der Waals surface area contributed by atoms with Gasteiger partial charge >= 0.3 is 7.80 Å². The van der Waals surface area contributed by atoms with E-state index in [1.807, 2.05) is 43.3 Å². The quantitative estimate of drug-likeness (QED) is 0.338. The lowest BCUT2D eigenvalue weighted by molar-refractivity contribution is 0.432. The molecule has 0 saturated carbocycles. The van der Waals surface area contributed by atoms with Crippen molar-refractivity contribution in [3.8, 4) is 0 Å². The molecule has 154 valence electrons. The molecule has 1 fully saturated rings. The molecule has 5 atom stereocenters. The van der Waals surface area contributed by atoms with E-state index in [0.29, 0.717) is 17.9 Å². The van der Waals surface area contributed by atoms with Crippen LogP contribution in [-0.4, -0.2) is 6.04 Å². The maximum absolute atomic E-state index is 13.6. The number of allylic oxidation sites excluding steroid dienone is 4. The average molecular weight is 417 g/mol. The molecule has 3 heteroatoms. The van der Waals surface area contributed by atoms with E-state index >= 15 is 0 Å². The predicted molar refractivity (Wildman–Crippen MR) is 127 cm³/mol. The SMILES string of the molecule is C/C=C\C(=C(/C)C1C(c2ccccc2C)NC2CCC=CC21)[P+](=O)c1ccccc1. The van der Waals surface area contributed by atoms with E-state index < -0.39 is 7.80 Å². The number of fused-ring (bicyclic) bond motifs is 1. The molecule has 0 spiro atoms. The van der Waals surface area contributed by atoms with Crippen LogP contribution in [0.1, 0.15) is 43.9 Å². The molecule has 0 radical (unpaired) electrons. The zero-order valence-corrected chi connectivity index (χ0v) is 19.0. The molecule has 1 heterocycles. The van der Waals surface area contributed by atoms with Gasteiger partial charge in [0.15, 0.2) is 10.6 Å². The van der Waals surface area contributed by atoms with Crippen LogP contribution in [-0.2, 0) is 4.57 Å². The molecular weight excluding hydrogens is 385 g/mol. The summed E-state index contributed by atoms with van der Waals surface area (Å²) in [4.78, 5) is 0. The van der Waals surface area contributed by atoms with Crippen molar-refractivity contribution >= 4 is 13.1 Å². The van der Waals surface area contributed by atoms with Crippen LogP contribution in [0.4, 0.5) is 0 Å². The van der Waals surface area contributed by atoms with E-state index in [1.165, 1.54) is 16.7 Å². The predicted octanol–water partition coefficient (Wildman–Crippen LogP) is 6.59. The fourth-order valence-electron chi connectivity index (χ4n) is 5.12. The molecule has 2 aliphatic rings. The lowest BCUT2D eigenvalue weighted by atomic mass is 9.76. The van der Waals surface area contributed by atoms with Gasteiger partial charge in [-0.05, 0) is 68.5 Å². The van der Waals surface area contributed by atoms with Crippen LogP contribution in [0.15, 0.2) is 89.8 Å². The van der Waals surface area contributed by atoms with Gasteiger partial charge in [-0.3, -0.25) is 0 Å². The third kappa shape index (κ3) is 4.00. The average Bonchev–Trinajstić information content (AvgIpc) is 3.17. The highest BCUT2D eigenvalue weighted by Gasteiger charge is 2.46. The first kappa shape index (κ1) is 21.0. The molecule has 0 bridgehead atoms. The first-order chi connectivity index (χ1) is 14.6. The van der Waals surface area contributed by atoms with E-state index in [4.69, 9.17) is 0 Å². The number of aryl methyl sites for hydroxylation is 1. The van der Waals surface area contributed by atoms with Gasteiger partial charge in [-0.25, -0.2) is 0 Å². The van der Waals surface area contributed by atoms with Crippen LogP contribution in [0.3, 0.4) is 0 Å². The van der Waals surface area contributed by atoms with Gasteiger partial charge in [0.05, 0.1) is 0 Å². The van der Waals surface area contributed by atoms with Crippen LogP contribution in [0.5, 0.6) is 0 Å². The minimum Gasteiger partial charge on any atom is -0.306 e. The minimum atomic E-state index is -1.63. The highest BCUT2D eigenvalue weighted by molar-refractivity contribution is 7.58. The zero-order chi connectivity index (χ0) is 21.1. The Labute approximate surface area is 181 Å². The first-order valence-corrected chi connectivity index (χ1v) is 12.2. The van der Waals surface area contributed by atoms with Gasteiger partial charge in [-0.1, -0.05) is 65.3 Å². The summed E-state index contributed by atoms with van der Waals surface area (Å²) >= 11 is 0. The van der Waals surface area contributed by atoms with Gasteiger partial charge in [0.25, 0.3) is 0 Å². The summed E-state index contributed by atoms with van der Waals surface area (Å²) < 4.78 is 13.6. The molecule has 2 aromatic carbocycles. The second kappa shape index (κ2) is 9.25. The Morgan fingerprint density at radius 1 is 1.10 bits per heavy atom. The molecule has 4 rings (SSSR count). The van der Waals surface area contributed by atoms with Gasteiger partial charge in [0.1, 0.15) is 0 Å². The number of hydrogen-bond acceptors (Lipinski definition) is 2. The van der Waals surface area contributed by atoms with Crippen molar-refractivity contribution in [2.45, 2.75) is 45.7 Å². The maximum Gasteiger partial charge on any atom is 0.415 e. The highest BCUT2D eigenvalue weighted by Crippen LogP contribution is 2.49. The van der Waals surface area contributed by atoms with Gasteiger partial charge in [0, 0.05) is 23.9 Å². The Morgan fingerprint density at radius 3 is 2.57 bits per heavy atom. The summed E-state index contributed by atoms with van der Waals surface area (Å²) in [5.41, 5.74) is 3.92. The molecule has 0 amide bonds. The van der Waals surface area contributed by atoms with Gasteiger partial charge in [-0.15, -0.1) is 0 Å². The van der Waals surface area contributed by atoms with Crippen LogP contribution in [0.25, 0.3) is 0 Å². The van der Waals surface area contributed by atoms with Gasteiger partial charge in [0.2, 0.25) is 0 Å². The van der Waals surface area contributed by atoms with Crippen molar-refractivity contribution < 1.29 is 4.57 Å². The number of rotatable bonds is 5. The van der Waals surface area contributed by atoms with E-state index in [1.54, 1.807) is 0 Å². The Bertz CT molecular complexity index is 1000. The monoisotopic (exact) mass is 416 g/mol. The molecular formula is C27H31NOP+. The second-order valence-electron chi connectivity index (χ2n) is 8.41. The number of nitrogens with one attached hydrogen (secondary N) is 1. The van der Waals surface area contributed by atoms with Crippen molar-refractivity contribution in [2.24, 2.45) is 11.8 Å². The summed E-state index contributed by atoms with van der Waals surface area (Å²) in [5.74, 6) is 0.726. The maximum atomic E-state index is 13.6. The molecule has 1 saturated heterocycles. The van der Waals surface area contributed by atoms with Crippen molar-refractivity contribution in [3.63, 3.8) is 0 Å². The molecule has 1 aliphatic heterocycles. The lowest BCUT2D eigenvalue weighted by Crippen LogP contribution is -2.29. The Morgan fingerprint density at radius 2 is 1.83 bits per heavy atom. The Balaban J connectivity index is 1.83. The fraction of sp³-hybridized carbons (Fsp3) is 0.333. The second-order valence-corrected chi connectivity index (χ2v) is 10.0. The van der Waals surface area contributed by atoms with E-state index in [0.717, 1.165) is 23.5 Å². The summed E-state index contributed by atoms with van der Waals surface area (Å²) in [6, 6.07) is 19.3. The molecule has 1 N–H and O–H groups in total. The lowest BCUT2D eigenvalue weighted by Gasteiger charge is -2.26. The standard InChI is InChI=1S/C27H31NOP/c1-4-12-25(30(29)21-14-6-5-7-15-21)20(3)26-23-17-10-11-18-24(23)28-27(26)22-16-9-8-13-19(22)2/h4-10,12-17,23-24,26-28H,11,18H2,1-3H3/q+1/b12-4-,25-20-. The van der Waals surface area contributed by atoms with Crippen molar-refractivity contribution in [3.05, 3.63) is 101 Å². The smallest absolute Gasteiger partial charge is 0.306 e. The first-order valence-electron chi connectivity index (χ1n) is 11.0. The van der Waals surface area contributed by atoms with Crippen LogP contribution in [0.2, 0.25) is 0 Å². The number of benzene rings is 2. The topological polar surface area (TPSA) is 29.1 Å². The Kier molecular flexibility index (Phi) is 6.46. The summed E-state index contributed by atoms with van der Waals surface area (Å²) in [5, 5.41) is 5.83. The summed E-state index contributed by atoms with van der Waals surface area (Å²) in [7, 11) is -1.63. The highest BCUT2D eigenvalue weighted by atomic mass is 31.1. The van der Waals surface area contributed by atoms with E-state index in [-0.39, 0.29) is 6.04 Å². The summed E-state index contributed by atoms with van der Waals surface area (Å²) in [6.07, 6.45) is 11.1. The summed E-state index contributed by atoms with van der Waals surface area (Å²) in [6.45, 7) is 6.41. The molecule has 30 heavy (non-hydrogen) atoms. The van der Waals surface area contributed by atoms with Crippen molar-refractivity contribution in [2.75, 3.05) is 0 Å². The molecule has 5 unspecified atom stereocenters.